The molecule has 2 aromatic carbocycles. The van der Waals surface area contributed by atoms with Crippen LogP contribution in [-0.2, 0) is 0 Å². The summed E-state index contributed by atoms with van der Waals surface area (Å²) in [7, 11) is 0. The summed E-state index contributed by atoms with van der Waals surface area (Å²) in [4.78, 5) is 11.8. The molecule has 18 heavy (non-hydrogen) atoms. The van der Waals surface area contributed by atoms with Crippen LogP contribution >= 0.6 is 11.6 Å². The normalized spacial score (nSPS) is 10.1. The molecule has 0 fully saturated rings. The Labute approximate surface area is 111 Å². The maximum Gasteiger partial charge on any atom is 0.200 e. The van der Waals surface area contributed by atoms with Gasteiger partial charge in [0.15, 0.2) is 12.4 Å². The van der Waals surface area contributed by atoms with Gasteiger partial charge in [0.2, 0.25) is 0 Å². The molecule has 2 aromatic rings. The van der Waals surface area contributed by atoms with Crippen LogP contribution in [0.5, 0.6) is 5.75 Å². The molecule has 0 amide bonds. The van der Waals surface area contributed by atoms with E-state index in [0.29, 0.717) is 16.3 Å². The minimum absolute atomic E-state index is 0.00676. The second-order valence-electron chi connectivity index (χ2n) is 4.01. The number of benzene rings is 2. The lowest BCUT2D eigenvalue weighted by molar-refractivity contribution is 0.0921. The molecule has 0 bridgehead atoms. The molecular weight excluding hydrogens is 248 g/mol. The Bertz CT molecular complexity index is 550. The molecule has 0 N–H and O–H groups in total. The summed E-state index contributed by atoms with van der Waals surface area (Å²) in [5, 5.41) is 0.515. The van der Waals surface area contributed by atoms with E-state index in [1.165, 1.54) is 0 Å². The summed E-state index contributed by atoms with van der Waals surface area (Å²) in [5.74, 6) is 0.481. The van der Waals surface area contributed by atoms with E-state index in [9.17, 15) is 4.79 Å². The molecule has 92 valence electrons. The van der Waals surface area contributed by atoms with Crippen LogP contribution in [0.4, 0.5) is 0 Å². The second kappa shape index (κ2) is 5.69. The smallest absolute Gasteiger partial charge is 0.200 e. The molecule has 0 saturated carbocycles. The highest BCUT2D eigenvalue weighted by Crippen LogP contribution is 2.25. The Morgan fingerprint density at radius 1 is 1.17 bits per heavy atom. The molecule has 0 aliphatic carbocycles. The van der Waals surface area contributed by atoms with Crippen LogP contribution in [0.3, 0.4) is 0 Å². The van der Waals surface area contributed by atoms with Crippen LogP contribution in [0.2, 0.25) is 5.02 Å². The van der Waals surface area contributed by atoms with Gasteiger partial charge in [-0.05, 0) is 24.6 Å². The fourth-order valence-electron chi connectivity index (χ4n) is 1.57. The largest absolute Gasteiger partial charge is 0.484 e. The van der Waals surface area contributed by atoms with Gasteiger partial charge >= 0.3 is 0 Å². The molecule has 0 heterocycles. The first kappa shape index (κ1) is 12.7. The molecule has 0 atom stereocenters. The van der Waals surface area contributed by atoms with Gasteiger partial charge in [-0.15, -0.1) is 0 Å². The van der Waals surface area contributed by atoms with Gasteiger partial charge in [-0.25, -0.2) is 0 Å². The first-order chi connectivity index (χ1) is 8.66. The quantitative estimate of drug-likeness (QED) is 0.779. The Balaban J connectivity index is 2.04. The van der Waals surface area contributed by atoms with Crippen molar-refractivity contribution in [2.24, 2.45) is 0 Å². The molecule has 0 spiro atoms. The van der Waals surface area contributed by atoms with Crippen LogP contribution < -0.4 is 4.74 Å². The van der Waals surface area contributed by atoms with E-state index in [1.54, 1.807) is 18.2 Å². The molecule has 0 radical (unpaired) electrons. The van der Waals surface area contributed by atoms with E-state index in [2.05, 4.69) is 0 Å². The molecule has 0 unspecified atom stereocenters. The van der Waals surface area contributed by atoms with E-state index in [4.69, 9.17) is 16.3 Å². The molecule has 0 aromatic heterocycles. The minimum atomic E-state index is -0.0619. The van der Waals surface area contributed by atoms with E-state index < -0.39 is 0 Å². The first-order valence-corrected chi connectivity index (χ1v) is 6.02. The third kappa shape index (κ3) is 3.11. The molecule has 0 saturated heterocycles. The number of aryl methyl sites for hydroxylation is 1. The Morgan fingerprint density at radius 3 is 2.61 bits per heavy atom. The van der Waals surface area contributed by atoms with Gasteiger partial charge in [-0.3, -0.25) is 4.79 Å². The lowest BCUT2D eigenvalue weighted by atomic mass is 10.1. The van der Waals surface area contributed by atoms with Gasteiger partial charge in [-0.2, -0.15) is 0 Å². The summed E-state index contributed by atoms with van der Waals surface area (Å²) in [6.45, 7) is 1.94. The highest BCUT2D eigenvalue weighted by atomic mass is 35.5. The van der Waals surface area contributed by atoms with Gasteiger partial charge in [-0.1, -0.05) is 48.0 Å². The lowest BCUT2D eigenvalue weighted by Crippen LogP contribution is -2.11. The molecule has 2 nitrogen and oxygen atoms in total. The van der Waals surface area contributed by atoms with Crippen molar-refractivity contribution in [3.8, 4) is 5.75 Å². The van der Waals surface area contributed by atoms with Crippen molar-refractivity contribution in [3.63, 3.8) is 0 Å². The Hall–Kier alpha value is -1.80. The van der Waals surface area contributed by atoms with Crippen LogP contribution in [0.15, 0.2) is 48.5 Å². The number of ketones is 1. The van der Waals surface area contributed by atoms with Crippen molar-refractivity contribution >= 4 is 17.4 Å². The third-order valence-corrected chi connectivity index (χ3v) is 2.85. The summed E-state index contributed by atoms with van der Waals surface area (Å²) in [5.41, 5.74) is 1.68. The van der Waals surface area contributed by atoms with Gasteiger partial charge in [0.25, 0.3) is 0 Å². The third-order valence-electron chi connectivity index (χ3n) is 2.54. The number of carbonyl (C=O) groups is 1. The van der Waals surface area contributed by atoms with Crippen LogP contribution in [0, 0.1) is 6.92 Å². The number of halogens is 1. The summed E-state index contributed by atoms with van der Waals surface area (Å²) in [6, 6.07) is 14.5. The first-order valence-electron chi connectivity index (χ1n) is 5.64. The summed E-state index contributed by atoms with van der Waals surface area (Å²) < 4.78 is 5.45. The van der Waals surface area contributed by atoms with Gasteiger partial charge in [0, 0.05) is 5.56 Å². The van der Waals surface area contributed by atoms with Crippen molar-refractivity contribution in [1.29, 1.82) is 0 Å². The summed E-state index contributed by atoms with van der Waals surface area (Å²) in [6.07, 6.45) is 0. The zero-order chi connectivity index (χ0) is 13.0. The Morgan fingerprint density at radius 2 is 1.89 bits per heavy atom. The van der Waals surface area contributed by atoms with Crippen LogP contribution in [0.1, 0.15) is 15.9 Å². The number of rotatable bonds is 4. The van der Waals surface area contributed by atoms with E-state index in [-0.39, 0.29) is 12.4 Å². The number of ether oxygens (including phenoxy) is 1. The van der Waals surface area contributed by atoms with E-state index >= 15 is 0 Å². The molecule has 3 heteroatoms. The van der Waals surface area contributed by atoms with Gasteiger partial charge in [0.05, 0.1) is 5.02 Å². The number of hydrogen-bond acceptors (Lipinski definition) is 2. The lowest BCUT2D eigenvalue weighted by Gasteiger charge is -2.08. The van der Waals surface area contributed by atoms with Crippen molar-refractivity contribution in [3.05, 3.63) is 64.7 Å². The molecule has 0 aliphatic rings. The number of hydrogen-bond donors (Lipinski definition) is 0. The highest BCUT2D eigenvalue weighted by molar-refractivity contribution is 6.32. The predicted octanol–water partition coefficient (Wildman–Crippen LogP) is 3.91. The molecular formula is C15H13ClO2. The average molecular weight is 261 g/mol. The molecule has 0 aliphatic heterocycles. The predicted molar refractivity (Wildman–Crippen MR) is 72.5 cm³/mol. The number of Topliss-reactive ketones (excluding diaryl/α,β-unsaturated/α-hetero) is 1. The average Bonchev–Trinajstić information content (AvgIpc) is 2.40. The van der Waals surface area contributed by atoms with Crippen LogP contribution in [0.25, 0.3) is 0 Å². The SMILES string of the molecule is Cc1ccc(Cl)c(OCC(=O)c2ccccc2)c1. The molecule has 2 rings (SSSR count). The fraction of sp³-hybridized carbons (Fsp3) is 0.133. The van der Waals surface area contributed by atoms with E-state index in [0.717, 1.165) is 5.56 Å². The summed E-state index contributed by atoms with van der Waals surface area (Å²) >= 11 is 5.99. The highest BCUT2D eigenvalue weighted by Gasteiger charge is 2.08. The van der Waals surface area contributed by atoms with E-state index in [1.807, 2.05) is 37.3 Å². The van der Waals surface area contributed by atoms with Crippen molar-refractivity contribution in [1.82, 2.24) is 0 Å². The van der Waals surface area contributed by atoms with Crippen molar-refractivity contribution in [2.75, 3.05) is 6.61 Å². The number of carbonyl (C=O) groups excluding carboxylic acids is 1. The standard InChI is InChI=1S/C15H13ClO2/c1-11-7-8-13(16)15(9-11)18-10-14(17)12-5-3-2-4-6-12/h2-9H,10H2,1H3. The van der Waals surface area contributed by atoms with Crippen molar-refractivity contribution < 1.29 is 9.53 Å². The maximum absolute atomic E-state index is 11.8. The fourth-order valence-corrected chi connectivity index (χ4v) is 1.74. The van der Waals surface area contributed by atoms with Crippen molar-refractivity contribution in [2.45, 2.75) is 6.92 Å². The minimum Gasteiger partial charge on any atom is -0.484 e. The maximum atomic E-state index is 11.8. The van der Waals surface area contributed by atoms with Gasteiger partial charge < -0.3 is 4.74 Å². The topological polar surface area (TPSA) is 26.3 Å². The van der Waals surface area contributed by atoms with Gasteiger partial charge in [0.1, 0.15) is 5.75 Å². The zero-order valence-corrected chi connectivity index (χ0v) is 10.8. The zero-order valence-electron chi connectivity index (χ0n) is 10.0. The van der Waals surface area contributed by atoms with Crippen LogP contribution in [-0.4, -0.2) is 12.4 Å². The Kier molecular flexibility index (Phi) is 4.00. The second-order valence-corrected chi connectivity index (χ2v) is 4.42. The monoisotopic (exact) mass is 260 g/mol.